The molecule has 0 amide bonds. The van der Waals surface area contributed by atoms with E-state index in [1.54, 1.807) is 0 Å². The first kappa shape index (κ1) is 17.6. The number of nitrogens with zero attached hydrogens (tertiary/aromatic N) is 3. The number of hydrogen-bond donors (Lipinski definition) is 0. The Morgan fingerprint density at radius 3 is 1.93 bits per heavy atom. The zero-order chi connectivity index (χ0) is 18.9. The molecule has 0 radical (unpaired) electrons. The van der Waals surface area contributed by atoms with Crippen molar-refractivity contribution in [3.8, 4) is 0 Å². The van der Waals surface area contributed by atoms with Gasteiger partial charge in [-0.25, -0.2) is 0 Å². The standard InChI is InChI=1S/C24H27N3O/c1-27(23(19-12-13-19)20-14-15-20)16-21-25-24(26-28-21)22(17-8-4-2-5-9-17)18-10-6-3-7-11-18/h2-11,19-20,22-23H,12-16H2,1H3. The fourth-order valence-corrected chi connectivity index (χ4v) is 4.53. The zero-order valence-electron chi connectivity index (χ0n) is 16.4. The maximum Gasteiger partial charge on any atom is 0.240 e. The fraction of sp³-hybridized carbons (Fsp3) is 0.417. The summed E-state index contributed by atoms with van der Waals surface area (Å²) in [5.41, 5.74) is 2.37. The van der Waals surface area contributed by atoms with Crippen LogP contribution in [0.15, 0.2) is 65.2 Å². The molecule has 144 valence electrons. The van der Waals surface area contributed by atoms with Crippen molar-refractivity contribution in [2.75, 3.05) is 7.05 Å². The number of hydrogen-bond acceptors (Lipinski definition) is 4. The molecule has 1 aromatic heterocycles. The fourth-order valence-electron chi connectivity index (χ4n) is 4.53. The van der Waals surface area contributed by atoms with Crippen molar-refractivity contribution in [2.24, 2.45) is 11.8 Å². The molecule has 2 aliphatic carbocycles. The van der Waals surface area contributed by atoms with Crippen molar-refractivity contribution in [2.45, 2.75) is 44.2 Å². The minimum Gasteiger partial charge on any atom is -0.338 e. The van der Waals surface area contributed by atoms with E-state index in [0.29, 0.717) is 6.04 Å². The number of benzene rings is 2. The molecule has 0 N–H and O–H groups in total. The van der Waals surface area contributed by atoms with Gasteiger partial charge in [0.25, 0.3) is 0 Å². The van der Waals surface area contributed by atoms with Crippen LogP contribution < -0.4 is 0 Å². The lowest BCUT2D eigenvalue weighted by molar-refractivity contribution is 0.165. The third kappa shape index (κ3) is 3.74. The van der Waals surface area contributed by atoms with Crippen LogP contribution in [0.1, 0.15) is 54.4 Å². The second kappa shape index (κ2) is 7.51. The van der Waals surface area contributed by atoms with Gasteiger partial charge in [0.2, 0.25) is 5.89 Å². The van der Waals surface area contributed by atoms with Gasteiger partial charge in [-0.2, -0.15) is 4.98 Å². The van der Waals surface area contributed by atoms with Crippen molar-refractivity contribution in [3.63, 3.8) is 0 Å². The van der Waals surface area contributed by atoms with Crippen molar-refractivity contribution in [3.05, 3.63) is 83.5 Å². The van der Waals surface area contributed by atoms with Gasteiger partial charge in [0, 0.05) is 6.04 Å². The molecule has 0 saturated heterocycles. The molecule has 0 atom stereocenters. The van der Waals surface area contributed by atoms with Gasteiger partial charge in [0.1, 0.15) is 0 Å². The molecule has 3 aromatic rings. The third-order valence-electron chi connectivity index (χ3n) is 6.11. The summed E-state index contributed by atoms with van der Waals surface area (Å²) in [5.74, 6) is 3.21. The van der Waals surface area contributed by atoms with Gasteiger partial charge in [-0.3, -0.25) is 4.90 Å². The van der Waals surface area contributed by atoms with Gasteiger partial charge in [-0.05, 0) is 55.7 Å². The second-order valence-electron chi connectivity index (χ2n) is 8.38. The highest BCUT2D eigenvalue weighted by Crippen LogP contribution is 2.47. The largest absolute Gasteiger partial charge is 0.338 e. The molecule has 2 fully saturated rings. The molecule has 2 saturated carbocycles. The molecule has 4 heteroatoms. The Hall–Kier alpha value is -2.46. The van der Waals surface area contributed by atoms with Crippen LogP contribution >= 0.6 is 0 Å². The van der Waals surface area contributed by atoms with E-state index in [0.717, 1.165) is 30.1 Å². The smallest absolute Gasteiger partial charge is 0.240 e. The average Bonchev–Trinajstić information content (AvgIpc) is 3.66. The van der Waals surface area contributed by atoms with Crippen LogP contribution in [0.4, 0.5) is 0 Å². The van der Waals surface area contributed by atoms with E-state index in [1.165, 1.54) is 36.8 Å². The Morgan fingerprint density at radius 1 is 0.893 bits per heavy atom. The van der Waals surface area contributed by atoms with Gasteiger partial charge in [-0.15, -0.1) is 0 Å². The van der Waals surface area contributed by atoms with E-state index in [9.17, 15) is 0 Å². The Bertz CT molecular complexity index is 848. The SMILES string of the molecule is CN(Cc1nc(C(c2ccccc2)c2ccccc2)no1)C(C1CC1)C1CC1. The Morgan fingerprint density at radius 2 is 1.43 bits per heavy atom. The van der Waals surface area contributed by atoms with Crippen LogP contribution in [0.2, 0.25) is 0 Å². The van der Waals surface area contributed by atoms with Crippen LogP contribution in [0.3, 0.4) is 0 Å². The van der Waals surface area contributed by atoms with E-state index in [2.05, 4.69) is 65.6 Å². The third-order valence-corrected chi connectivity index (χ3v) is 6.11. The second-order valence-corrected chi connectivity index (χ2v) is 8.38. The summed E-state index contributed by atoms with van der Waals surface area (Å²) in [6.07, 6.45) is 5.52. The summed E-state index contributed by atoms with van der Waals surface area (Å²) in [6.45, 7) is 0.737. The molecule has 2 aromatic carbocycles. The zero-order valence-corrected chi connectivity index (χ0v) is 16.4. The normalized spacial score (nSPS) is 17.0. The van der Waals surface area contributed by atoms with Crippen LogP contribution in [0.25, 0.3) is 0 Å². The predicted octanol–water partition coefficient (Wildman–Crippen LogP) is 4.87. The first-order valence-electron chi connectivity index (χ1n) is 10.4. The summed E-state index contributed by atoms with van der Waals surface area (Å²) >= 11 is 0. The van der Waals surface area contributed by atoms with Crippen molar-refractivity contribution in [1.29, 1.82) is 0 Å². The lowest BCUT2D eigenvalue weighted by Gasteiger charge is -2.26. The first-order chi connectivity index (χ1) is 13.8. The molecular formula is C24H27N3O. The van der Waals surface area contributed by atoms with E-state index in [1.807, 2.05) is 12.1 Å². The molecule has 2 aliphatic rings. The van der Waals surface area contributed by atoms with Gasteiger partial charge in [-0.1, -0.05) is 65.8 Å². The van der Waals surface area contributed by atoms with E-state index >= 15 is 0 Å². The first-order valence-corrected chi connectivity index (χ1v) is 10.4. The number of aromatic nitrogens is 2. The molecule has 5 rings (SSSR count). The van der Waals surface area contributed by atoms with Crippen LogP contribution in [-0.4, -0.2) is 28.1 Å². The Labute approximate surface area is 166 Å². The summed E-state index contributed by atoms with van der Waals surface area (Å²) in [4.78, 5) is 7.28. The minimum atomic E-state index is -0.00660. The van der Waals surface area contributed by atoms with Crippen LogP contribution in [0, 0.1) is 11.8 Å². The van der Waals surface area contributed by atoms with Crippen molar-refractivity contribution < 1.29 is 4.52 Å². The molecule has 0 unspecified atom stereocenters. The van der Waals surface area contributed by atoms with Crippen molar-refractivity contribution in [1.82, 2.24) is 15.0 Å². The summed E-state index contributed by atoms with van der Waals surface area (Å²) < 4.78 is 5.71. The summed E-state index contributed by atoms with van der Waals surface area (Å²) in [6, 6.07) is 21.6. The highest BCUT2D eigenvalue weighted by molar-refractivity contribution is 5.37. The molecule has 1 heterocycles. The summed E-state index contributed by atoms with van der Waals surface area (Å²) in [5, 5.41) is 4.39. The topological polar surface area (TPSA) is 42.2 Å². The monoisotopic (exact) mass is 373 g/mol. The van der Waals surface area contributed by atoms with Crippen LogP contribution in [-0.2, 0) is 6.54 Å². The number of rotatable bonds is 8. The molecule has 28 heavy (non-hydrogen) atoms. The molecule has 4 nitrogen and oxygen atoms in total. The highest BCUT2D eigenvalue weighted by Gasteiger charge is 2.43. The lowest BCUT2D eigenvalue weighted by Crippen LogP contribution is -2.35. The minimum absolute atomic E-state index is 0.00660. The maximum atomic E-state index is 5.71. The van der Waals surface area contributed by atoms with Crippen LogP contribution in [0.5, 0.6) is 0 Å². The lowest BCUT2D eigenvalue weighted by atomic mass is 9.91. The molecule has 0 aliphatic heterocycles. The highest BCUT2D eigenvalue weighted by atomic mass is 16.5. The summed E-state index contributed by atoms with van der Waals surface area (Å²) in [7, 11) is 2.22. The van der Waals surface area contributed by atoms with Gasteiger partial charge in [0.05, 0.1) is 12.5 Å². The van der Waals surface area contributed by atoms with Gasteiger partial charge in [0.15, 0.2) is 5.82 Å². The quantitative estimate of drug-likeness (QED) is 0.565. The Balaban J connectivity index is 1.39. The average molecular weight is 374 g/mol. The van der Waals surface area contributed by atoms with E-state index in [4.69, 9.17) is 9.51 Å². The van der Waals surface area contributed by atoms with E-state index in [-0.39, 0.29) is 5.92 Å². The molecule has 0 spiro atoms. The van der Waals surface area contributed by atoms with E-state index < -0.39 is 0 Å². The molecular weight excluding hydrogens is 346 g/mol. The maximum absolute atomic E-state index is 5.71. The molecule has 0 bridgehead atoms. The van der Waals surface area contributed by atoms with Gasteiger partial charge >= 0.3 is 0 Å². The Kier molecular flexibility index (Phi) is 4.73. The predicted molar refractivity (Wildman–Crippen MR) is 109 cm³/mol. The van der Waals surface area contributed by atoms with Crippen molar-refractivity contribution >= 4 is 0 Å². The van der Waals surface area contributed by atoms with Gasteiger partial charge < -0.3 is 4.52 Å².